The third-order valence-corrected chi connectivity index (χ3v) is 3.91. The van der Waals surface area contributed by atoms with Crippen molar-refractivity contribution in [3.63, 3.8) is 0 Å². The molecule has 3 aromatic rings. The number of hydrogen-bond donors (Lipinski definition) is 2. The average Bonchev–Trinajstić information content (AvgIpc) is 2.75. The maximum atomic E-state index is 12.7. The van der Waals surface area contributed by atoms with E-state index in [2.05, 4.69) is 10.6 Å². The summed E-state index contributed by atoms with van der Waals surface area (Å²) in [6.07, 6.45) is 5.19. The third kappa shape index (κ3) is 5.54. The van der Waals surface area contributed by atoms with Gasteiger partial charge < -0.3 is 10.6 Å². The van der Waals surface area contributed by atoms with Gasteiger partial charge in [-0.2, -0.15) is 0 Å². The van der Waals surface area contributed by atoms with E-state index in [4.69, 9.17) is 0 Å². The van der Waals surface area contributed by atoms with Crippen LogP contribution in [0.25, 0.3) is 6.08 Å². The van der Waals surface area contributed by atoms with Gasteiger partial charge in [0.1, 0.15) is 5.70 Å². The lowest BCUT2D eigenvalue weighted by Crippen LogP contribution is -2.30. The number of carbonyl (C=O) groups excluding carboxylic acids is 2. The minimum absolute atomic E-state index is 0.157. The van der Waals surface area contributed by atoms with Gasteiger partial charge >= 0.3 is 0 Å². The number of rotatable bonds is 6. The predicted octanol–water partition coefficient (Wildman–Crippen LogP) is 4.65. The Kier molecular flexibility index (Phi) is 6.53. The van der Waals surface area contributed by atoms with Crippen LogP contribution in [0.5, 0.6) is 0 Å². The zero-order chi connectivity index (χ0) is 19.6. The maximum absolute atomic E-state index is 12.7. The van der Waals surface area contributed by atoms with Crippen LogP contribution in [0, 0.1) is 0 Å². The van der Waals surface area contributed by atoms with E-state index < -0.39 is 5.91 Å². The molecule has 0 aliphatic rings. The number of benzene rings is 3. The van der Waals surface area contributed by atoms with Crippen molar-refractivity contribution < 1.29 is 9.59 Å². The van der Waals surface area contributed by atoms with Crippen molar-refractivity contribution in [2.24, 2.45) is 0 Å². The van der Waals surface area contributed by atoms with Crippen LogP contribution in [-0.2, 0) is 4.79 Å². The molecule has 28 heavy (non-hydrogen) atoms. The molecule has 3 rings (SSSR count). The molecular formula is C24H20N2O2. The van der Waals surface area contributed by atoms with Gasteiger partial charge in [0.15, 0.2) is 0 Å². The molecule has 4 heteroatoms. The number of hydrogen-bond acceptors (Lipinski definition) is 2. The van der Waals surface area contributed by atoms with E-state index in [0.717, 1.165) is 5.56 Å². The molecule has 0 spiro atoms. The van der Waals surface area contributed by atoms with Gasteiger partial charge in [0.2, 0.25) is 0 Å². The van der Waals surface area contributed by atoms with Gasteiger partial charge in [0.25, 0.3) is 11.8 Å². The van der Waals surface area contributed by atoms with Crippen molar-refractivity contribution >= 4 is 23.6 Å². The minimum Gasteiger partial charge on any atom is -0.321 e. The summed E-state index contributed by atoms with van der Waals surface area (Å²) in [5, 5.41) is 5.49. The van der Waals surface area contributed by atoms with Crippen molar-refractivity contribution in [2.45, 2.75) is 0 Å². The van der Waals surface area contributed by atoms with Gasteiger partial charge in [-0.25, -0.2) is 0 Å². The summed E-state index contributed by atoms with van der Waals surface area (Å²) in [7, 11) is 0. The van der Waals surface area contributed by atoms with Crippen LogP contribution in [0.15, 0.2) is 109 Å². The maximum Gasteiger partial charge on any atom is 0.272 e. The second-order valence-electron chi connectivity index (χ2n) is 5.99. The largest absolute Gasteiger partial charge is 0.321 e. The first-order chi connectivity index (χ1) is 13.7. The van der Waals surface area contributed by atoms with Gasteiger partial charge in [-0.1, -0.05) is 78.9 Å². The molecule has 0 aliphatic carbocycles. The molecule has 0 atom stereocenters. The molecule has 2 N–H and O–H groups in total. The molecule has 0 saturated heterocycles. The second kappa shape index (κ2) is 9.69. The molecule has 0 heterocycles. The normalized spacial score (nSPS) is 11.2. The van der Waals surface area contributed by atoms with Crippen molar-refractivity contribution in [2.75, 3.05) is 5.32 Å². The minimum atomic E-state index is -0.395. The number of anilines is 1. The molecule has 0 aromatic heterocycles. The smallest absolute Gasteiger partial charge is 0.272 e. The summed E-state index contributed by atoms with van der Waals surface area (Å²) in [4.78, 5) is 25.2. The number of amides is 2. The Labute approximate surface area is 164 Å². The van der Waals surface area contributed by atoms with Crippen LogP contribution in [0.4, 0.5) is 5.69 Å². The quantitative estimate of drug-likeness (QED) is 0.491. The summed E-state index contributed by atoms with van der Waals surface area (Å²) in [6, 6.07) is 27.6. The van der Waals surface area contributed by atoms with Crippen LogP contribution in [-0.4, -0.2) is 11.8 Å². The zero-order valence-corrected chi connectivity index (χ0v) is 15.2. The number of carbonyl (C=O) groups is 2. The Bertz CT molecular complexity index is 979. The van der Waals surface area contributed by atoms with Gasteiger partial charge in [-0.15, -0.1) is 0 Å². The van der Waals surface area contributed by atoms with Gasteiger partial charge in [-0.05, 0) is 35.9 Å². The van der Waals surface area contributed by atoms with Crippen LogP contribution in [0.3, 0.4) is 0 Å². The highest BCUT2D eigenvalue weighted by Gasteiger charge is 2.13. The first-order valence-electron chi connectivity index (χ1n) is 8.88. The van der Waals surface area contributed by atoms with E-state index in [0.29, 0.717) is 11.3 Å². The zero-order valence-electron chi connectivity index (χ0n) is 15.2. The van der Waals surface area contributed by atoms with E-state index in [9.17, 15) is 9.59 Å². The molecular weight excluding hydrogens is 348 g/mol. The molecule has 0 unspecified atom stereocenters. The Balaban J connectivity index is 1.80. The second-order valence-corrected chi connectivity index (χ2v) is 5.99. The lowest BCUT2D eigenvalue weighted by atomic mass is 10.2. The first-order valence-corrected chi connectivity index (χ1v) is 8.88. The third-order valence-electron chi connectivity index (χ3n) is 3.91. The van der Waals surface area contributed by atoms with Crippen molar-refractivity contribution in [1.29, 1.82) is 0 Å². The Hall–Kier alpha value is -3.92. The summed E-state index contributed by atoms with van der Waals surface area (Å²) < 4.78 is 0. The lowest BCUT2D eigenvalue weighted by Gasteiger charge is -2.10. The predicted molar refractivity (Wildman–Crippen MR) is 113 cm³/mol. The monoisotopic (exact) mass is 368 g/mol. The summed E-state index contributed by atoms with van der Waals surface area (Å²) in [5.74, 6) is -0.739. The van der Waals surface area contributed by atoms with Crippen LogP contribution >= 0.6 is 0 Å². The molecule has 2 amide bonds. The molecule has 0 bridgehead atoms. The van der Waals surface area contributed by atoms with Crippen molar-refractivity contribution in [1.82, 2.24) is 5.32 Å². The first kappa shape index (κ1) is 18.9. The molecule has 0 aliphatic heterocycles. The number of allylic oxidation sites excluding steroid dienone is 2. The fourth-order valence-corrected chi connectivity index (χ4v) is 2.50. The summed E-state index contributed by atoms with van der Waals surface area (Å²) in [6.45, 7) is 0. The lowest BCUT2D eigenvalue weighted by molar-refractivity contribution is -0.113. The summed E-state index contributed by atoms with van der Waals surface area (Å²) >= 11 is 0. The number of para-hydroxylation sites is 1. The fourth-order valence-electron chi connectivity index (χ4n) is 2.50. The van der Waals surface area contributed by atoms with E-state index in [1.807, 2.05) is 60.7 Å². The van der Waals surface area contributed by atoms with Crippen LogP contribution in [0.1, 0.15) is 15.9 Å². The van der Waals surface area contributed by atoms with E-state index in [1.54, 1.807) is 48.6 Å². The fraction of sp³-hybridized carbons (Fsp3) is 0. The number of nitrogens with one attached hydrogen (secondary N) is 2. The highest BCUT2D eigenvalue weighted by atomic mass is 16.2. The summed E-state index contributed by atoms with van der Waals surface area (Å²) in [5.41, 5.74) is 2.29. The van der Waals surface area contributed by atoms with Gasteiger partial charge in [-0.3, -0.25) is 9.59 Å². The molecule has 0 radical (unpaired) electrons. The molecule has 0 saturated carbocycles. The molecule has 0 fully saturated rings. The van der Waals surface area contributed by atoms with Gasteiger partial charge in [0.05, 0.1) is 0 Å². The topological polar surface area (TPSA) is 58.2 Å². The average molecular weight is 368 g/mol. The standard InChI is InChI=1S/C24H20N2O2/c27-23(20-14-6-2-7-15-20)26-22(18-10-13-19-11-4-1-5-12-19)24(28)25-21-16-8-3-9-17-21/h1-18H,(H,25,28)(H,26,27)/b13-10+,22-18+. The SMILES string of the molecule is O=C(Nc1ccccc1)/C(=C\C=C\c1ccccc1)NC(=O)c1ccccc1. The van der Waals surface area contributed by atoms with E-state index >= 15 is 0 Å². The highest BCUT2D eigenvalue weighted by molar-refractivity contribution is 6.08. The van der Waals surface area contributed by atoms with Crippen LogP contribution in [0.2, 0.25) is 0 Å². The molecule has 138 valence electrons. The Morgan fingerprint density at radius 2 is 1.29 bits per heavy atom. The highest BCUT2D eigenvalue weighted by Crippen LogP contribution is 2.09. The molecule has 3 aromatic carbocycles. The van der Waals surface area contributed by atoms with E-state index in [1.165, 1.54) is 0 Å². The van der Waals surface area contributed by atoms with Crippen molar-refractivity contribution in [3.05, 3.63) is 120 Å². The Morgan fingerprint density at radius 3 is 1.93 bits per heavy atom. The van der Waals surface area contributed by atoms with Crippen LogP contribution < -0.4 is 10.6 Å². The molecule has 4 nitrogen and oxygen atoms in total. The Morgan fingerprint density at radius 1 is 0.714 bits per heavy atom. The van der Waals surface area contributed by atoms with E-state index in [-0.39, 0.29) is 11.6 Å². The van der Waals surface area contributed by atoms with Crippen molar-refractivity contribution in [3.8, 4) is 0 Å². The van der Waals surface area contributed by atoms with Gasteiger partial charge in [0, 0.05) is 11.3 Å².